The molecule has 0 fully saturated rings. The molecule has 0 aliphatic carbocycles. The van der Waals surface area contributed by atoms with Gasteiger partial charge in [0, 0.05) is 18.7 Å². The molecule has 4 heterocycles. The lowest BCUT2D eigenvalue weighted by Crippen LogP contribution is -2.29. The summed E-state index contributed by atoms with van der Waals surface area (Å²) in [5.41, 5.74) is 8.34. The number of hydrogen-bond acceptors (Lipinski definition) is 7. The molecule has 0 amide bonds. The highest BCUT2D eigenvalue weighted by Crippen LogP contribution is 2.35. The van der Waals surface area contributed by atoms with E-state index < -0.39 is 17.8 Å². The van der Waals surface area contributed by atoms with Crippen molar-refractivity contribution in [3.05, 3.63) is 72.6 Å². The van der Waals surface area contributed by atoms with Crippen molar-refractivity contribution in [1.29, 1.82) is 0 Å². The van der Waals surface area contributed by atoms with Gasteiger partial charge in [0.2, 0.25) is 11.8 Å². The van der Waals surface area contributed by atoms with E-state index >= 15 is 0 Å². The van der Waals surface area contributed by atoms with Gasteiger partial charge in [-0.2, -0.15) is 14.6 Å². The van der Waals surface area contributed by atoms with Crippen LogP contribution in [0.5, 0.6) is 5.88 Å². The molecule has 0 unspecified atom stereocenters. The predicted molar refractivity (Wildman–Crippen MR) is 121 cm³/mol. The number of fused-ring (bicyclic) bond motifs is 1. The van der Waals surface area contributed by atoms with Gasteiger partial charge in [0.05, 0.1) is 42.7 Å². The summed E-state index contributed by atoms with van der Waals surface area (Å²) >= 11 is 0. The maximum Gasteiger partial charge on any atom is 0.271 e. The molecule has 0 aliphatic heterocycles. The molecule has 5 rings (SSSR count). The average Bonchev–Trinajstić information content (AvgIpc) is 3.45. The van der Waals surface area contributed by atoms with Gasteiger partial charge in [-0.05, 0) is 29.8 Å². The number of rotatable bonds is 6. The second-order valence-electron chi connectivity index (χ2n) is 7.91. The van der Waals surface area contributed by atoms with Crippen LogP contribution in [0, 0.1) is 5.82 Å². The molecule has 0 aliphatic rings. The highest BCUT2D eigenvalue weighted by atomic mass is 19.3. The Balaban J connectivity index is 1.54. The summed E-state index contributed by atoms with van der Waals surface area (Å²) in [6.07, 6.45) is 5.92. The highest BCUT2D eigenvalue weighted by Gasteiger charge is 2.37. The Hall–Kier alpha value is -4.48. The molecule has 2 N–H and O–H groups in total. The van der Waals surface area contributed by atoms with Crippen molar-refractivity contribution >= 4 is 11.6 Å². The van der Waals surface area contributed by atoms with Gasteiger partial charge in [-0.15, -0.1) is 5.10 Å². The van der Waals surface area contributed by atoms with Crippen molar-refractivity contribution in [2.45, 2.75) is 18.9 Å². The number of ether oxygens (including phenoxy) is 1. The lowest BCUT2D eigenvalue weighted by Gasteiger charge is -2.24. The van der Waals surface area contributed by atoms with E-state index in [-0.39, 0.29) is 11.5 Å². The summed E-state index contributed by atoms with van der Waals surface area (Å²) in [5, 5.41) is 8.29. The van der Waals surface area contributed by atoms with Crippen molar-refractivity contribution in [1.82, 2.24) is 34.3 Å². The summed E-state index contributed by atoms with van der Waals surface area (Å²) in [4.78, 5) is 13.0. The van der Waals surface area contributed by atoms with Crippen LogP contribution in [-0.2, 0) is 0 Å². The summed E-state index contributed by atoms with van der Waals surface area (Å²) in [6.45, 7) is 0.794. The van der Waals surface area contributed by atoms with Crippen molar-refractivity contribution in [2.24, 2.45) is 0 Å². The number of hydrogen-bond donors (Lipinski definition) is 1. The first kappa shape index (κ1) is 22.3. The van der Waals surface area contributed by atoms with E-state index in [0.29, 0.717) is 34.0 Å². The third kappa shape index (κ3) is 4.14. The van der Waals surface area contributed by atoms with E-state index in [9.17, 15) is 13.2 Å². The standard InChI is InChI=1S/C23H19F3N8O/c1-23(25,26)20(13-3-5-15(24)6-4-13)33-12-14(9-29-33)17-10-28-11-18(30-17)16-7-8-19-31-22(27)32-34(19)21(16)35-2/h3-12,20H,1-2H3,(H2,27,32)/t20-/m1/s1. The van der Waals surface area contributed by atoms with Gasteiger partial charge in [0.1, 0.15) is 11.9 Å². The average molecular weight is 480 g/mol. The maximum absolute atomic E-state index is 14.5. The number of nitrogen functional groups attached to an aromatic ring is 1. The molecule has 4 aromatic heterocycles. The molecular weight excluding hydrogens is 461 g/mol. The fourth-order valence-corrected chi connectivity index (χ4v) is 3.90. The van der Waals surface area contributed by atoms with E-state index in [1.54, 1.807) is 18.3 Å². The maximum atomic E-state index is 14.5. The first-order chi connectivity index (χ1) is 16.7. The Bertz CT molecular complexity index is 1510. The first-order valence-corrected chi connectivity index (χ1v) is 10.4. The van der Waals surface area contributed by atoms with Crippen molar-refractivity contribution in [3.63, 3.8) is 0 Å². The van der Waals surface area contributed by atoms with Crippen LogP contribution in [-0.4, -0.2) is 47.4 Å². The molecule has 12 heteroatoms. The molecular formula is C23H19F3N8O. The Morgan fingerprint density at radius 1 is 1.00 bits per heavy atom. The lowest BCUT2D eigenvalue weighted by atomic mass is 10.0. The molecule has 0 saturated carbocycles. The Morgan fingerprint density at radius 3 is 2.46 bits per heavy atom. The lowest BCUT2D eigenvalue weighted by molar-refractivity contribution is -0.0217. The normalized spacial score (nSPS) is 12.7. The number of nitrogens with two attached hydrogens (primary N) is 1. The van der Waals surface area contributed by atoms with Crippen molar-refractivity contribution in [3.8, 4) is 28.4 Å². The molecule has 0 radical (unpaired) electrons. The van der Waals surface area contributed by atoms with E-state index in [0.717, 1.165) is 23.7 Å². The van der Waals surface area contributed by atoms with Gasteiger partial charge in [0.25, 0.3) is 5.92 Å². The minimum absolute atomic E-state index is 0.0936. The molecule has 35 heavy (non-hydrogen) atoms. The molecule has 178 valence electrons. The summed E-state index contributed by atoms with van der Waals surface area (Å²) in [5.74, 6) is -3.23. The third-order valence-electron chi connectivity index (χ3n) is 5.40. The number of aromatic nitrogens is 7. The third-order valence-corrected chi connectivity index (χ3v) is 5.40. The zero-order valence-corrected chi connectivity index (χ0v) is 18.6. The molecule has 0 bridgehead atoms. The first-order valence-electron chi connectivity index (χ1n) is 10.4. The van der Waals surface area contributed by atoms with Crippen molar-refractivity contribution < 1.29 is 17.9 Å². The largest absolute Gasteiger partial charge is 0.480 e. The molecule has 1 aromatic carbocycles. The van der Waals surface area contributed by atoms with Crippen LogP contribution in [0.2, 0.25) is 0 Å². The number of benzene rings is 1. The summed E-state index contributed by atoms with van der Waals surface area (Å²) in [7, 11) is 1.48. The van der Waals surface area contributed by atoms with E-state index in [1.165, 1.54) is 42.3 Å². The van der Waals surface area contributed by atoms with Gasteiger partial charge < -0.3 is 10.5 Å². The monoisotopic (exact) mass is 480 g/mol. The Morgan fingerprint density at radius 2 is 1.74 bits per heavy atom. The van der Waals surface area contributed by atoms with Crippen molar-refractivity contribution in [2.75, 3.05) is 12.8 Å². The summed E-state index contributed by atoms with van der Waals surface area (Å²) in [6, 6.07) is 6.94. The van der Waals surface area contributed by atoms with Crippen LogP contribution >= 0.6 is 0 Å². The fraction of sp³-hybridized carbons (Fsp3) is 0.174. The van der Waals surface area contributed by atoms with E-state index in [2.05, 4.69) is 25.1 Å². The molecule has 5 aromatic rings. The minimum Gasteiger partial charge on any atom is -0.480 e. The summed E-state index contributed by atoms with van der Waals surface area (Å²) < 4.78 is 50.6. The van der Waals surface area contributed by atoms with Gasteiger partial charge in [-0.25, -0.2) is 18.2 Å². The predicted octanol–water partition coefficient (Wildman–Crippen LogP) is 4.02. The SMILES string of the molecule is COc1c(-c2cncc(-c3cnn([C@H](c4ccc(F)cc4)C(C)(F)F)c3)n2)ccc2nc(N)nn12. The minimum atomic E-state index is -3.17. The van der Waals surface area contributed by atoms with Crippen LogP contribution in [0.4, 0.5) is 19.1 Å². The van der Waals surface area contributed by atoms with Crippen LogP contribution in [0.1, 0.15) is 18.5 Å². The Kier molecular flexibility index (Phi) is 5.35. The van der Waals surface area contributed by atoms with E-state index in [4.69, 9.17) is 10.5 Å². The molecule has 0 spiro atoms. The fourth-order valence-electron chi connectivity index (χ4n) is 3.90. The smallest absolute Gasteiger partial charge is 0.271 e. The number of pyridine rings is 1. The van der Waals surface area contributed by atoms with Crippen LogP contribution in [0.3, 0.4) is 0 Å². The second-order valence-corrected chi connectivity index (χ2v) is 7.91. The topological polar surface area (TPSA) is 109 Å². The Labute approximate surface area is 197 Å². The second kappa shape index (κ2) is 8.38. The molecule has 9 nitrogen and oxygen atoms in total. The quantitative estimate of drug-likeness (QED) is 0.391. The number of anilines is 1. The molecule has 0 saturated heterocycles. The zero-order valence-electron chi connectivity index (χ0n) is 18.6. The van der Waals surface area contributed by atoms with Gasteiger partial charge in [-0.1, -0.05) is 12.1 Å². The number of methoxy groups -OCH3 is 1. The van der Waals surface area contributed by atoms with Gasteiger partial charge >= 0.3 is 0 Å². The van der Waals surface area contributed by atoms with Crippen LogP contribution < -0.4 is 10.5 Å². The number of alkyl halides is 2. The van der Waals surface area contributed by atoms with Gasteiger partial charge in [-0.3, -0.25) is 9.67 Å². The molecule has 1 atom stereocenters. The van der Waals surface area contributed by atoms with E-state index in [1.807, 2.05) is 0 Å². The van der Waals surface area contributed by atoms with Crippen LogP contribution in [0.25, 0.3) is 28.2 Å². The number of nitrogens with zero attached hydrogens (tertiary/aromatic N) is 7. The highest BCUT2D eigenvalue weighted by molar-refractivity contribution is 5.70. The zero-order chi connectivity index (χ0) is 24.7. The number of halogens is 3. The van der Waals surface area contributed by atoms with Crippen LogP contribution in [0.15, 0.2) is 61.2 Å². The van der Waals surface area contributed by atoms with Gasteiger partial charge in [0.15, 0.2) is 5.65 Å².